The normalized spacial score (nSPS) is 15.9. The van der Waals surface area contributed by atoms with Crippen LogP contribution in [0.15, 0.2) is 28.8 Å². The summed E-state index contributed by atoms with van der Waals surface area (Å²) in [5.74, 6) is 0.522. The molecule has 1 aliphatic rings. The molecule has 2 atom stereocenters. The van der Waals surface area contributed by atoms with Crippen LogP contribution in [-0.2, 0) is 19.1 Å². The maximum absolute atomic E-state index is 13.9. The molecule has 11 heteroatoms. The van der Waals surface area contributed by atoms with E-state index in [1.165, 1.54) is 19.1 Å². The van der Waals surface area contributed by atoms with Crippen LogP contribution < -0.4 is 20.1 Å². The minimum absolute atomic E-state index is 0.100. The predicted octanol–water partition coefficient (Wildman–Crippen LogP) is 3.77. The molecule has 3 rings (SSSR count). The number of aryl methyl sites for hydroxylation is 1. The molecule has 39 heavy (non-hydrogen) atoms. The Morgan fingerprint density at radius 1 is 1.21 bits per heavy atom. The van der Waals surface area contributed by atoms with E-state index in [1.807, 2.05) is 20.8 Å². The average molecular weight is 545 g/mol. The summed E-state index contributed by atoms with van der Waals surface area (Å²) in [4.78, 5) is 41.8. The number of amides is 3. The molecule has 2 heterocycles. The van der Waals surface area contributed by atoms with Crippen LogP contribution in [0, 0.1) is 6.92 Å². The van der Waals surface area contributed by atoms with Crippen molar-refractivity contribution in [3.63, 3.8) is 0 Å². The summed E-state index contributed by atoms with van der Waals surface area (Å²) in [6.45, 7) is 8.32. The molecule has 0 saturated carbocycles. The number of nitrogens with one attached hydrogen (secondary N) is 2. The Morgan fingerprint density at radius 3 is 2.56 bits per heavy atom. The number of carbonyl (C=O) groups excluding carboxylic acids is 3. The lowest BCUT2D eigenvalue weighted by Gasteiger charge is -2.36. The summed E-state index contributed by atoms with van der Waals surface area (Å²) in [6, 6.07) is 5.78. The van der Waals surface area contributed by atoms with Crippen molar-refractivity contribution in [1.82, 2.24) is 15.4 Å². The molecule has 0 bridgehead atoms. The van der Waals surface area contributed by atoms with Gasteiger partial charge in [0.15, 0.2) is 17.3 Å². The monoisotopic (exact) mass is 544 g/mol. The van der Waals surface area contributed by atoms with E-state index >= 15 is 0 Å². The molecule has 3 amide bonds. The lowest BCUT2D eigenvalue weighted by atomic mass is 9.97. The highest BCUT2D eigenvalue weighted by Crippen LogP contribution is 2.38. The lowest BCUT2D eigenvalue weighted by Crippen LogP contribution is -2.51. The van der Waals surface area contributed by atoms with E-state index in [1.54, 1.807) is 31.2 Å². The van der Waals surface area contributed by atoms with Crippen molar-refractivity contribution in [2.24, 2.45) is 0 Å². The molecule has 0 spiro atoms. The highest BCUT2D eigenvalue weighted by Gasteiger charge is 2.38. The number of benzene rings is 1. The Balaban J connectivity index is 1.95. The third kappa shape index (κ3) is 7.95. The first kappa shape index (κ1) is 29.9. The van der Waals surface area contributed by atoms with E-state index in [0.717, 1.165) is 12.8 Å². The number of anilines is 1. The van der Waals surface area contributed by atoms with E-state index in [2.05, 4.69) is 15.8 Å². The fourth-order valence-electron chi connectivity index (χ4n) is 4.42. The second-order valence-electron chi connectivity index (χ2n) is 10.3. The zero-order valence-electron chi connectivity index (χ0n) is 23.7. The van der Waals surface area contributed by atoms with E-state index in [-0.39, 0.29) is 49.0 Å². The van der Waals surface area contributed by atoms with Crippen LogP contribution in [0.4, 0.5) is 5.82 Å². The van der Waals surface area contributed by atoms with Crippen LogP contribution in [0.3, 0.4) is 0 Å². The number of rotatable bonds is 13. The molecule has 1 aromatic carbocycles. The van der Waals surface area contributed by atoms with Crippen molar-refractivity contribution in [3.05, 3.63) is 35.6 Å². The third-order valence-electron chi connectivity index (χ3n) is 6.84. The fraction of sp³-hybridized carbons (Fsp3) is 0.571. The van der Waals surface area contributed by atoms with Crippen molar-refractivity contribution in [2.45, 2.75) is 77.5 Å². The van der Waals surface area contributed by atoms with Crippen LogP contribution in [-0.4, -0.2) is 66.8 Å². The van der Waals surface area contributed by atoms with Gasteiger partial charge in [-0.05, 0) is 46.1 Å². The van der Waals surface area contributed by atoms with Gasteiger partial charge in [-0.1, -0.05) is 24.2 Å². The molecular weight excluding hydrogens is 504 g/mol. The third-order valence-corrected chi connectivity index (χ3v) is 6.84. The van der Waals surface area contributed by atoms with E-state index in [9.17, 15) is 14.4 Å². The summed E-state index contributed by atoms with van der Waals surface area (Å²) < 4.78 is 22.0. The second kappa shape index (κ2) is 13.5. The first-order chi connectivity index (χ1) is 18.6. The Kier molecular flexibility index (Phi) is 10.3. The molecule has 11 nitrogen and oxygen atoms in total. The number of ether oxygens (including phenoxy) is 3. The highest BCUT2D eigenvalue weighted by atomic mass is 16.5. The van der Waals surface area contributed by atoms with Crippen molar-refractivity contribution in [1.29, 1.82) is 0 Å². The number of carbonyl (C=O) groups is 3. The van der Waals surface area contributed by atoms with Gasteiger partial charge in [-0.2, -0.15) is 0 Å². The Morgan fingerprint density at radius 2 is 1.97 bits per heavy atom. The van der Waals surface area contributed by atoms with Gasteiger partial charge in [0.25, 0.3) is 0 Å². The smallest absolute Gasteiger partial charge is 0.248 e. The van der Waals surface area contributed by atoms with Crippen LogP contribution >= 0.6 is 0 Å². The Labute approximate surface area is 229 Å². The molecule has 1 aliphatic heterocycles. The van der Waals surface area contributed by atoms with E-state index in [4.69, 9.17) is 18.7 Å². The first-order valence-corrected chi connectivity index (χ1v) is 13.3. The van der Waals surface area contributed by atoms with Gasteiger partial charge in [0.2, 0.25) is 17.7 Å². The standard InChI is InChI=1S/C28H40N4O7/c1-7-28(3,4)30-27(35)25(20-11-8-12-21(36-5)26(20)37-6)32(17-19-10-9-15-38-19)24(34)14-13-23(33)29-22-16-18(2)39-31-22/h8,11-12,16,19,25H,7,9-10,13-15,17H2,1-6H3,(H,30,35)(H,29,31,33)/t19-,25+/m1/s1. The average Bonchev–Trinajstić information content (AvgIpc) is 3.57. The Bertz CT molecular complexity index is 1140. The summed E-state index contributed by atoms with van der Waals surface area (Å²) in [5.41, 5.74) is -0.0366. The van der Waals surface area contributed by atoms with Gasteiger partial charge in [0, 0.05) is 43.2 Å². The lowest BCUT2D eigenvalue weighted by molar-refractivity contribution is -0.144. The van der Waals surface area contributed by atoms with Crippen LogP contribution in [0.1, 0.15) is 70.2 Å². The fourth-order valence-corrected chi connectivity index (χ4v) is 4.42. The van der Waals surface area contributed by atoms with Gasteiger partial charge in [0.1, 0.15) is 11.8 Å². The first-order valence-electron chi connectivity index (χ1n) is 13.3. The minimum atomic E-state index is -1.04. The number of hydrogen-bond acceptors (Lipinski definition) is 8. The molecule has 214 valence electrons. The maximum Gasteiger partial charge on any atom is 0.248 e. The molecule has 0 radical (unpaired) electrons. The van der Waals surface area contributed by atoms with E-state index < -0.39 is 11.6 Å². The zero-order valence-corrected chi connectivity index (χ0v) is 23.7. The second-order valence-corrected chi connectivity index (χ2v) is 10.3. The summed E-state index contributed by atoms with van der Waals surface area (Å²) in [5, 5.41) is 9.47. The van der Waals surface area contributed by atoms with Crippen LogP contribution in [0.25, 0.3) is 0 Å². The van der Waals surface area contributed by atoms with Crippen LogP contribution in [0.5, 0.6) is 11.5 Å². The van der Waals surface area contributed by atoms with Gasteiger partial charge < -0.3 is 34.3 Å². The molecule has 2 aromatic rings. The highest BCUT2D eigenvalue weighted by molar-refractivity contribution is 5.94. The quantitative estimate of drug-likeness (QED) is 0.389. The molecule has 2 N–H and O–H groups in total. The Hall–Kier alpha value is -3.60. The van der Waals surface area contributed by atoms with Crippen molar-refractivity contribution >= 4 is 23.5 Å². The SMILES string of the molecule is CCC(C)(C)NC(=O)[C@H](c1cccc(OC)c1OC)N(C[C@H]1CCCO1)C(=O)CCC(=O)Nc1cc(C)on1. The van der Waals surface area contributed by atoms with Gasteiger partial charge in [0.05, 0.1) is 20.3 Å². The number of methoxy groups -OCH3 is 2. The van der Waals surface area contributed by atoms with Crippen molar-refractivity contribution in [3.8, 4) is 11.5 Å². The molecule has 0 aliphatic carbocycles. The number of nitrogens with zero attached hydrogens (tertiary/aromatic N) is 2. The molecule has 1 aromatic heterocycles. The largest absolute Gasteiger partial charge is 0.493 e. The number of aromatic nitrogens is 1. The minimum Gasteiger partial charge on any atom is -0.493 e. The van der Waals surface area contributed by atoms with E-state index in [0.29, 0.717) is 35.9 Å². The van der Waals surface area contributed by atoms with Gasteiger partial charge in [-0.15, -0.1) is 0 Å². The summed E-state index contributed by atoms with van der Waals surface area (Å²) >= 11 is 0. The zero-order chi connectivity index (χ0) is 28.6. The number of hydrogen-bond donors (Lipinski definition) is 2. The topological polar surface area (TPSA) is 132 Å². The number of para-hydroxylation sites is 1. The maximum atomic E-state index is 13.9. The predicted molar refractivity (Wildman–Crippen MR) is 145 cm³/mol. The van der Waals surface area contributed by atoms with Gasteiger partial charge in [-0.3, -0.25) is 14.4 Å². The molecule has 1 saturated heterocycles. The van der Waals surface area contributed by atoms with Crippen molar-refractivity contribution < 1.29 is 33.1 Å². The van der Waals surface area contributed by atoms with Crippen molar-refractivity contribution in [2.75, 3.05) is 32.7 Å². The molecular formula is C28H40N4O7. The molecule has 0 unspecified atom stereocenters. The van der Waals surface area contributed by atoms with Crippen LogP contribution in [0.2, 0.25) is 0 Å². The van der Waals surface area contributed by atoms with Gasteiger partial charge in [-0.25, -0.2) is 0 Å². The summed E-state index contributed by atoms with van der Waals surface area (Å²) in [6.07, 6.45) is 1.86. The summed E-state index contributed by atoms with van der Waals surface area (Å²) in [7, 11) is 3.01. The van der Waals surface area contributed by atoms with Gasteiger partial charge >= 0.3 is 0 Å². The molecule has 1 fully saturated rings.